The molecule has 1 saturated heterocycles. The molecule has 0 radical (unpaired) electrons. The van der Waals surface area contributed by atoms with Crippen molar-refractivity contribution >= 4 is 40.6 Å². The summed E-state index contributed by atoms with van der Waals surface area (Å²) < 4.78 is 14.7. The fourth-order valence-electron chi connectivity index (χ4n) is 2.59. The average Bonchev–Trinajstić information content (AvgIpc) is 3.29. The Bertz CT molecular complexity index is 1090. The van der Waals surface area contributed by atoms with Gasteiger partial charge in [-0.3, -0.25) is 24.6 Å². The highest BCUT2D eigenvalue weighted by molar-refractivity contribution is 8.18. The third-order valence-electron chi connectivity index (χ3n) is 4.04. The Balaban J connectivity index is 1.88. The van der Waals surface area contributed by atoms with Crippen LogP contribution >= 0.6 is 11.8 Å². The number of carbonyl (C=O) groups is 3. The smallest absolute Gasteiger partial charge is 0.373 e. The fraction of sp³-hybridized carbons (Fsp3) is 0.167. The highest BCUT2D eigenvalue weighted by atomic mass is 32.2. The van der Waals surface area contributed by atoms with Gasteiger partial charge in [0.15, 0.2) is 11.5 Å². The van der Waals surface area contributed by atoms with Crippen molar-refractivity contribution in [3.63, 3.8) is 0 Å². The van der Waals surface area contributed by atoms with Gasteiger partial charge < -0.3 is 19.0 Å². The molecule has 0 unspecified atom stereocenters. The van der Waals surface area contributed by atoms with Crippen LogP contribution in [-0.2, 0) is 16.1 Å². The molecule has 2 heterocycles. The minimum Gasteiger partial charge on any atom is -0.504 e. The lowest BCUT2D eigenvalue weighted by Crippen LogP contribution is -2.27. The number of rotatable bonds is 6. The summed E-state index contributed by atoms with van der Waals surface area (Å²) in [5, 5.41) is 20.7. The summed E-state index contributed by atoms with van der Waals surface area (Å²) in [7, 11) is 2.41. The number of ether oxygens (including phenoxy) is 2. The first kappa shape index (κ1) is 20.9. The highest BCUT2D eigenvalue weighted by Gasteiger charge is 2.36. The zero-order valence-electron chi connectivity index (χ0n) is 15.6. The number of thioether (sulfide) groups is 1. The van der Waals surface area contributed by atoms with Crippen LogP contribution in [0.3, 0.4) is 0 Å². The SMILES string of the molecule is COC(=O)c1ccc(CN2C(=O)S/C(=C/c3cc([N+](=O)[O-])cc(OC)c3O)C2=O)o1. The van der Waals surface area contributed by atoms with Crippen molar-refractivity contribution in [1.82, 2.24) is 4.90 Å². The summed E-state index contributed by atoms with van der Waals surface area (Å²) in [5.74, 6) is -1.86. The lowest BCUT2D eigenvalue weighted by atomic mass is 10.1. The number of carbonyl (C=O) groups excluding carboxylic acids is 3. The monoisotopic (exact) mass is 434 g/mol. The molecule has 0 bridgehead atoms. The van der Waals surface area contributed by atoms with Crippen LogP contribution in [0, 0.1) is 10.1 Å². The van der Waals surface area contributed by atoms with E-state index in [2.05, 4.69) is 4.74 Å². The molecule has 1 fully saturated rings. The first-order valence-electron chi connectivity index (χ1n) is 8.23. The second-order valence-corrected chi connectivity index (χ2v) is 6.86. The molecule has 0 aliphatic carbocycles. The van der Waals surface area contributed by atoms with Crippen LogP contribution in [0.2, 0.25) is 0 Å². The van der Waals surface area contributed by atoms with Crippen LogP contribution < -0.4 is 4.74 Å². The molecule has 1 aliphatic rings. The van der Waals surface area contributed by atoms with Gasteiger partial charge in [-0.05, 0) is 30.0 Å². The molecule has 0 spiro atoms. The number of hydrogen-bond donors (Lipinski definition) is 1. The van der Waals surface area contributed by atoms with Gasteiger partial charge in [0.25, 0.3) is 16.8 Å². The van der Waals surface area contributed by atoms with Gasteiger partial charge in [0, 0.05) is 11.6 Å². The molecule has 1 N–H and O–H groups in total. The molecular weight excluding hydrogens is 420 g/mol. The number of phenolic OH excluding ortho intramolecular Hbond substituents is 1. The average molecular weight is 434 g/mol. The van der Waals surface area contributed by atoms with E-state index in [1.54, 1.807) is 0 Å². The second kappa shape index (κ2) is 8.29. The third kappa shape index (κ3) is 3.98. The van der Waals surface area contributed by atoms with E-state index in [0.717, 1.165) is 23.1 Å². The van der Waals surface area contributed by atoms with E-state index >= 15 is 0 Å². The summed E-state index contributed by atoms with van der Waals surface area (Å²) in [6.07, 6.45) is 1.16. The zero-order valence-corrected chi connectivity index (χ0v) is 16.4. The maximum Gasteiger partial charge on any atom is 0.373 e. The number of nitro groups is 1. The predicted octanol–water partition coefficient (Wildman–Crippen LogP) is 2.93. The highest BCUT2D eigenvalue weighted by Crippen LogP contribution is 2.39. The van der Waals surface area contributed by atoms with Crippen LogP contribution in [0.5, 0.6) is 11.5 Å². The summed E-state index contributed by atoms with van der Waals surface area (Å²) >= 11 is 0.593. The Hall–Kier alpha value is -3.80. The first-order chi connectivity index (χ1) is 14.2. The summed E-state index contributed by atoms with van der Waals surface area (Å²) in [6.45, 7) is -0.233. The molecule has 0 atom stereocenters. The Morgan fingerprint density at radius 2 is 2.07 bits per heavy atom. The number of aromatic hydroxyl groups is 1. The van der Waals surface area contributed by atoms with Crippen molar-refractivity contribution in [2.75, 3.05) is 14.2 Å². The first-order valence-corrected chi connectivity index (χ1v) is 9.04. The van der Waals surface area contributed by atoms with Gasteiger partial charge in [-0.15, -0.1) is 0 Å². The number of benzene rings is 1. The van der Waals surface area contributed by atoms with Crippen LogP contribution in [-0.4, -0.2) is 46.3 Å². The van der Waals surface area contributed by atoms with E-state index in [0.29, 0.717) is 11.8 Å². The van der Waals surface area contributed by atoms with E-state index in [1.807, 2.05) is 0 Å². The molecule has 0 saturated carbocycles. The molecule has 156 valence electrons. The number of furan rings is 1. The number of non-ortho nitro benzene ring substituents is 1. The molecular formula is C18H14N2O9S. The maximum absolute atomic E-state index is 12.6. The second-order valence-electron chi connectivity index (χ2n) is 5.87. The molecule has 1 aliphatic heterocycles. The van der Waals surface area contributed by atoms with Crippen molar-refractivity contribution in [3.05, 3.63) is 56.4 Å². The molecule has 1 aromatic carbocycles. The van der Waals surface area contributed by atoms with Gasteiger partial charge in [0.1, 0.15) is 5.76 Å². The molecule has 11 nitrogen and oxygen atoms in total. The minimum absolute atomic E-state index is 0.0578. The van der Waals surface area contributed by atoms with Gasteiger partial charge >= 0.3 is 5.97 Å². The Morgan fingerprint density at radius 3 is 2.70 bits per heavy atom. The fourth-order valence-corrected chi connectivity index (χ4v) is 3.42. The molecule has 12 heteroatoms. The number of hydrogen-bond acceptors (Lipinski definition) is 10. The maximum atomic E-state index is 12.6. The van der Waals surface area contributed by atoms with Gasteiger partial charge in [-0.25, -0.2) is 4.79 Å². The van der Waals surface area contributed by atoms with Gasteiger partial charge in [-0.1, -0.05) is 0 Å². The molecule has 2 aromatic rings. The van der Waals surface area contributed by atoms with E-state index in [4.69, 9.17) is 9.15 Å². The van der Waals surface area contributed by atoms with E-state index in [9.17, 15) is 29.6 Å². The summed E-state index contributed by atoms with van der Waals surface area (Å²) in [5.41, 5.74) is -0.418. The van der Waals surface area contributed by atoms with Crippen LogP contribution in [0.15, 0.2) is 33.6 Å². The molecule has 2 amide bonds. The third-order valence-corrected chi connectivity index (χ3v) is 4.95. The zero-order chi connectivity index (χ0) is 22.0. The van der Waals surface area contributed by atoms with Crippen LogP contribution in [0.1, 0.15) is 21.9 Å². The number of nitro benzene ring substituents is 1. The number of esters is 1. The lowest BCUT2D eigenvalue weighted by molar-refractivity contribution is -0.385. The Labute approximate surface area is 173 Å². The van der Waals surface area contributed by atoms with Gasteiger partial charge in [-0.2, -0.15) is 0 Å². The van der Waals surface area contributed by atoms with E-state index < -0.39 is 27.8 Å². The molecule has 1 aromatic heterocycles. The lowest BCUT2D eigenvalue weighted by Gasteiger charge is -2.10. The number of nitrogens with zero attached hydrogens (tertiary/aromatic N) is 2. The summed E-state index contributed by atoms with van der Waals surface area (Å²) in [4.78, 5) is 47.6. The van der Waals surface area contributed by atoms with Crippen LogP contribution in [0.25, 0.3) is 6.08 Å². The normalized spacial score (nSPS) is 15.0. The van der Waals surface area contributed by atoms with E-state index in [1.165, 1.54) is 26.4 Å². The van der Waals surface area contributed by atoms with Crippen molar-refractivity contribution in [2.24, 2.45) is 0 Å². The van der Waals surface area contributed by atoms with Crippen molar-refractivity contribution in [1.29, 1.82) is 0 Å². The molecule has 30 heavy (non-hydrogen) atoms. The van der Waals surface area contributed by atoms with Gasteiger partial charge in [0.05, 0.1) is 36.7 Å². The number of methoxy groups -OCH3 is 2. The van der Waals surface area contributed by atoms with E-state index in [-0.39, 0.29) is 40.0 Å². The molecule has 3 rings (SSSR count). The van der Waals surface area contributed by atoms with Gasteiger partial charge in [0.2, 0.25) is 5.76 Å². The Kier molecular flexibility index (Phi) is 5.78. The Morgan fingerprint density at radius 1 is 1.33 bits per heavy atom. The predicted molar refractivity (Wildman–Crippen MR) is 103 cm³/mol. The largest absolute Gasteiger partial charge is 0.504 e. The number of phenols is 1. The van der Waals surface area contributed by atoms with Crippen molar-refractivity contribution in [2.45, 2.75) is 6.54 Å². The minimum atomic E-state index is -0.703. The quantitative estimate of drug-likeness (QED) is 0.311. The van der Waals surface area contributed by atoms with Crippen LogP contribution in [0.4, 0.5) is 10.5 Å². The standard InChI is InChI=1S/C18H14N2O9S/c1-27-13-7-10(20(25)26)5-9(15(13)21)6-14-16(22)19(18(24)30-14)8-11-3-4-12(29-11)17(23)28-2/h3-7,21H,8H2,1-2H3/b14-6+. The van der Waals surface area contributed by atoms with Crippen molar-refractivity contribution < 1.29 is 38.3 Å². The number of imide groups is 1. The van der Waals surface area contributed by atoms with Crippen molar-refractivity contribution in [3.8, 4) is 11.5 Å². The number of amides is 2. The topological polar surface area (TPSA) is 149 Å². The summed E-state index contributed by atoms with van der Waals surface area (Å²) in [6, 6.07) is 4.87.